The van der Waals surface area contributed by atoms with Gasteiger partial charge >= 0.3 is 0 Å². The molecule has 0 aliphatic carbocycles. The lowest BCUT2D eigenvalue weighted by Crippen LogP contribution is -2.38. The summed E-state index contributed by atoms with van der Waals surface area (Å²) < 4.78 is 11.4. The van der Waals surface area contributed by atoms with E-state index < -0.39 is 6.10 Å². The van der Waals surface area contributed by atoms with Crippen LogP contribution in [-0.2, 0) is 0 Å². The van der Waals surface area contributed by atoms with Gasteiger partial charge in [-0.15, -0.1) is 0 Å². The van der Waals surface area contributed by atoms with Gasteiger partial charge in [-0.3, -0.25) is 0 Å². The van der Waals surface area contributed by atoms with Gasteiger partial charge in [-0.1, -0.05) is 6.07 Å². The molecule has 5 heteroatoms. The maximum Gasteiger partial charge on any atom is 0.162 e. The number of methoxy groups -OCH3 is 1. The second kappa shape index (κ2) is 6.92. The molecular weight excluding hydrogens is 256 g/mol. The van der Waals surface area contributed by atoms with E-state index in [-0.39, 0.29) is 12.6 Å². The van der Waals surface area contributed by atoms with Gasteiger partial charge in [-0.2, -0.15) is 0 Å². The quantitative estimate of drug-likeness (QED) is 0.847. The highest BCUT2D eigenvalue weighted by Crippen LogP contribution is 2.32. The summed E-state index contributed by atoms with van der Waals surface area (Å²) >= 11 is 0. The van der Waals surface area contributed by atoms with E-state index in [9.17, 15) is 5.11 Å². The summed E-state index contributed by atoms with van der Waals surface area (Å²) in [6.45, 7) is 2.22. The molecule has 2 atom stereocenters. The number of benzene rings is 1. The maximum absolute atomic E-state index is 9.84. The van der Waals surface area contributed by atoms with Crippen LogP contribution in [0.2, 0.25) is 0 Å². The van der Waals surface area contributed by atoms with Crippen LogP contribution in [0, 0.1) is 0 Å². The second-order valence-corrected chi connectivity index (χ2v) is 5.31. The molecule has 0 bridgehead atoms. The van der Waals surface area contributed by atoms with Crippen molar-refractivity contribution in [2.75, 3.05) is 33.8 Å². The minimum absolute atomic E-state index is 0.160. The number of hydrogen-bond acceptors (Lipinski definition) is 5. The third kappa shape index (κ3) is 3.62. The Hall–Kier alpha value is -1.30. The van der Waals surface area contributed by atoms with Gasteiger partial charge in [-0.05, 0) is 44.1 Å². The van der Waals surface area contributed by atoms with Crippen molar-refractivity contribution in [3.8, 4) is 11.5 Å². The molecule has 1 fully saturated rings. The molecule has 1 saturated heterocycles. The molecule has 112 valence electrons. The first kappa shape index (κ1) is 15.1. The van der Waals surface area contributed by atoms with Gasteiger partial charge in [-0.25, -0.2) is 0 Å². The van der Waals surface area contributed by atoms with E-state index in [0.717, 1.165) is 31.5 Å². The lowest BCUT2D eigenvalue weighted by molar-refractivity contribution is 0.101. The topological polar surface area (TPSA) is 68.0 Å². The first-order chi connectivity index (χ1) is 9.63. The summed E-state index contributed by atoms with van der Waals surface area (Å²) in [5.74, 6) is 1.36. The molecule has 2 rings (SSSR count). The molecule has 1 heterocycles. The molecule has 5 nitrogen and oxygen atoms in total. The minimum atomic E-state index is -0.669. The molecule has 0 amide bonds. The Kier molecular flexibility index (Phi) is 5.23. The van der Waals surface area contributed by atoms with E-state index in [0.29, 0.717) is 11.5 Å². The van der Waals surface area contributed by atoms with Crippen molar-refractivity contribution in [3.05, 3.63) is 23.8 Å². The summed E-state index contributed by atoms with van der Waals surface area (Å²) in [5, 5.41) is 9.84. The molecule has 0 saturated carbocycles. The molecule has 0 aromatic heterocycles. The number of nitrogens with two attached hydrogens (primary N) is 1. The number of aliphatic hydroxyl groups excluding tert-OH is 1. The van der Waals surface area contributed by atoms with Crippen LogP contribution in [0.4, 0.5) is 0 Å². The largest absolute Gasteiger partial charge is 0.493 e. The average Bonchev–Trinajstić information content (AvgIpc) is 2.46. The van der Waals surface area contributed by atoms with E-state index in [1.165, 1.54) is 0 Å². The van der Waals surface area contributed by atoms with Crippen molar-refractivity contribution in [1.29, 1.82) is 0 Å². The van der Waals surface area contributed by atoms with Gasteiger partial charge in [0, 0.05) is 13.1 Å². The van der Waals surface area contributed by atoms with Gasteiger partial charge in [0.05, 0.1) is 13.2 Å². The Morgan fingerprint density at radius 3 is 2.90 bits per heavy atom. The number of nitrogens with zero attached hydrogens (tertiary/aromatic N) is 1. The van der Waals surface area contributed by atoms with Crippen LogP contribution in [0.3, 0.4) is 0 Å². The number of likely N-dealkylation sites (tertiary alicyclic amines) is 1. The first-order valence-corrected chi connectivity index (χ1v) is 7.05. The minimum Gasteiger partial charge on any atom is -0.493 e. The second-order valence-electron chi connectivity index (χ2n) is 5.31. The third-order valence-electron chi connectivity index (χ3n) is 3.67. The highest BCUT2D eigenvalue weighted by atomic mass is 16.5. The molecule has 1 aromatic carbocycles. The van der Waals surface area contributed by atoms with Crippen LogP contribution >= 0.6 is 0 Å². The lowest BCUT2D eigenvalue weighted by atomic mass is 10.1. The standard InChI is InChI=1S/C15H24N2O3/c1-17-7-3-4-12(10-17)20-15-8-11(13(18)9-16)5-6-14(15)19-2/h5-6,8,12-13,18H,3-4,7,9-10,16H2,1-2H3. The summed E-state index contributed by atoms with van der Waals surface area (Å²) in [5.41, 5.74) is 6.26. The zero-order chi connectivity index (χ0) is 14.5. The monoisotopic (exact) mass is 280 g/mol. The van der Waals surface area contributed by atoms with Crippen LogP contribution in [0.25, 0.3) is 0 Å². The number of hydrogen-bond donors (Lipinski definition) is 2. The van der Waals surface area contributed by atoms with Crippen molar-refractivity contribution in [2.24, 2.45) is 5.73 Å². The predicted molar refractivity (Wildman–Crippen MR) is 78.2 cm³/mol. The maximum atomic E-state index is 9.84. The van der Waals surface area contributed by atoms with Crippen LogP contribution < -0.4 is 15.2 Å². The molecule has 20 heavy (non-hydrogen) atoms. The van der Waals surface area contributed by atoms with E-state index in [1.807, 2.05) is 18.2 Å². The normalized spacial score (nSPS) is 21.5. The van der Waals surface area contributed by atoms with E-state index in [1.54, 1.807) is 7.11 Å². The zero-order valence-corrected chi connectivity index (χ0v) is 12.2. The van der Waals surface area contributed by atoms with Crippen molar-refractivity contribution in [1.82, 2.24) is 4.90 Å². The van der Waals surface area contributed by atoms with Gasteiger partial charge < -0.3 is 25.2 Å². The highest BCUT2D eigenvalue weighted by molar-refractivity contribution is 5.43. The summed E-state index contributed by atoms with van der Waals surface area (Å²) in [7, 11) is 3.72. The smallest absolute Gasteiger partial charge is 0.162 e. The fourth-order valence-electron chi connectivity index (χ4n) is 2.52. The molecule has 3 N–H and O–H groups in total. The number of likely N-dealkylation sites (N-methyl/N-ethyl adjacent to an activating group) is 1. The molecule has 1 aromatic rings. The fourth-order valence-corrected chi connectivity index (χ4v) is 2.52. The Morgan fingerprint density at radius 1 is 1.45 bits per heavy atom. The third-order valence-corrected chi connectivity index (χ3v) is 3.67. The summed E-state index contributed by atoms with van der Waals surface area (Å²) in [6, 6.07) is 5.46. The SMILES string of the molecule is COc1ccc(C(O)CN)cc1OC1CCCN(C)C1. The van der Waals surface area contributed by atoms with Gasteiger partial charge in [0.2, 0.25) is 0 Å². The fraction of sp³-hybridized carbons (Fsp3) is 0.600. The van der Waals surface area contributed by atoms with Gasteiger partial charge in [0.15, 0.2) is 11.5 Å². The first-order valence-electron chi connectivity index (χ1n) is 7.05. The number of aliphatic hydroxyl groups is 1. The van der Waals surface area contributed by atoms with Crippen molar-refractivity contribution >= 4 is 0 Å². The van der Waals surface area contributed by atoms with Crippen molar-refractivity contribution < 1.29 is 14.6 Å². The Morgan fingerprint density at radius 2 is 2.25 bits per heavy atom. The number of ether oxygens (including phenoxy) is 2. The molecule has 0 radical (unpaired) electrons. The average molecular weight is 280 g/mol. The predicted octanol–water partition coefficient (Wildman–Crippen LogP) is 1.16. The van der Waals surface area contributed by atoms with Gasteiger partial charge in [0.25, 0.3) is 0 Å². The Labute approximate surface area is 120 Å². The molecule has 2 unspecified atom stereocenters. The van der Waals surface area contributed by atoms with Crippen LogP contribution in [0.1, 0.15) is 24.5 Å². The van der Waals surface area contributed by atoms with E-state index in [2.05, 4.69) is 11.9 Å². The number of piperidine rings is 1. The Bertz CT molecular complexity index is 439. The number of rotatable bonds is 5. The Balaban J connectivity index is 2.15. The van der Waals surface area contributed by atoms with Gasteiger partial charge in [0.1, 0.15) is 6.10 Å². The van der Waals surface area contributed by atoms with Crippen molar-refractivity contribution in [3.63, 3.8) is 0 Å². The lowest BCUT2D eigenvalue weighted by Gasteiger charge is -2.30. The highest BCUT2D eigenvalue weighted by Gasteiger charge is 2.20. The molecule has 1 aliphatic heterocycles. The van der Waals surface area contributed by atoms with E-state index in [4.69, 9.17) is 15.2 Å². The molecule has 0 spiro atoms. The zero-order valence-electron chi connectivity index (χ0n) is 12.2. The van der Waals surface area contributed by atoms with Crippen LogP contribution in [0.5, 0.6) is 11.5 Å². The van der Waals surface area contributed by atoms with Crippen LogP contribution in [0.15, 0.2) is 18.2 Å². The summed E-state index contributed by atoms with van der Waals surface area (Å²) in [4.78, 5) is 2.26. The van der Waals surface area contributed by atoms with Crippen LogP contribution in [-0.4, -0.2) is 49.9 Å². The summed E-state index contributed by atoms with van der Waals surface area (Å²) in [6.07, 6.45) is 1.66. The van der Waals surface area contributed by atoms with Crippen molar-refractivity contribution in [2.45, 2.75) is 25.0 Å². The van der Waals surface area contributed by atoms with E-state index >= 15 is 0 Å². The molecule has 1 aliphatic rings. The molecular formula is C15H24N2O3.